The van der Waals surface area contributed by atoms with Gasteiger partial charge in [0.2, 0.25) is 5.95 Å². The summed E-state index contributed by atoms with van der Waals surface area (Å²) in [5, 5.41) is 5.72. The van der Waals surface area contributed by atoms with Gasteiger partial charge in [0.25, 0.3) is 0 Å². The molecule has 10 aromatic carbocycles. The zero-order chi connectivity index (χ0) is 46.5. The maximum atomic E-state index is 5.74. The van der Waals surface area contributed by atoms with Crippen molar-refractivity contribution in [2.24, 2.45) is 0 Å². The number of hydrogen-bond acceptors (Lipinski definition) is 3. The number of rotatable bonds is 7. The molecule has 3 aromatic heterocycles. The molecule has 5 heteroatoms. The molecule has 0 saturated heterocycles. The molecule has 0 N–H and O–H groups in total. The Morgan fingerprint density at radius 1 is 0.386 bits per heavy atom. The lowest BCUT2D eigenvalue weighted by molar-refractivity contribution is 0.660. The van der Waals surface area contributed by atoms with Crippen molar-refractivity contribution in [1.29, 1.82) is 0 Å². The van der Waals surface area contributed by atoms with Crippen LogP contribution in [0, 0.1) is 0 Å². The van der Waals surface area contributed by atoms with Gasteiger partial charge in [0.15, 0.2) is 5.82 Å². The van der Waals surface area contributed by atoms with Crippen molar-refractivity contribution < 1.29 is 0 Å². The highest BCUT2D eigenvalue weighted by molar-refractivity contribution is 6.13. The summed E-state index contributed by atoms with van der Waals surface area (Å²) in [6, 6.07) is 85.4. The minimum atomic E-state index is -0.182. The summed E-state index contributed by atoms with van der Waals surface area (Å²) in [4.78, 5) is 13.5. The normalized spacial score (nSPS) is 12.8. The van der Waals surface area contributed by atoms with Gasteiger partial charge in [0.05, 0.1) is 33.3 Å². The van der Waals surface area contributed by atoms with Gasteiger partial charge in [-0.25, -0.2) is 4.98 Å². The molecule has 0 amide bonds. The summed E-state index contributed by atoms with van der Waals surface area (Å²) in [6.07, 6.45) is 0. The van der Waals surface area contributed by atoms with E-state index in [0.29, 0.717) is 5.95 Å². The van der Waals surface area contributed by atoms with Crippen molar-refractivity contribution in [2.75, 3.05) is 4.90 Å². The largest absolute Gasteiger partial charge is 0.309 e. The molecular weight excluding hydrogens is 851 g/mol. The Morgan fingerprint density at radius 3 is 1.63 bits per heavy atom. The molecule has 5 nitrogen and oxygen atoms in total. The summed E-state index contributed by atoms with van der Waals surface area (Å²) in [5.74, 6) is 1.43. The van der Waals surface area contributed by atoms with Crippen LogP contribution in [0.5, 0.6) is 0 Å². The van der Waals surface area contributed by atoms with Crippen molar-refractivity contribution in [3.8, 4) is 45.0 Å². The number of para-hydroxylation sites is 4. The van der Waals surface area contributed by atoms with Gasteiger partial charge in [-0.05, 0) is 118 Å². The second-order valence-corrected chi connectivity index (χ2v) is 19.0. The fourth-order valence-electron chi connectivity index (χ4n) is 11.4. The molecule has 0 spiro atoms. The van der Waals surface area contributed by atoms with E-state index in [1.165, 1.54) is 55.2 Å². The Balaban J connectivity index is 0.975. The molecule has 0 atom stereocenters. The van der Waals surface area contributed by atoms with Gasteiger partial charge >= 0.3 is 0 Å². The molecular formula is C65H45N5. The third-order valence-electron chi connectivity index (χ3n) is 14.7. The Kier molecular flexibility index (Phi) is 8.86. The molecule has 13 aromatic rings. The minimum absolute atomic E-state index is 0.182. The molecule has 70 heavy (non-hydrogen) atoms. The van der Waals surface area contributed by atoms with Gasteiger partial charge in [-0.15, -0.1) is 0 Å². The second-order valence-electron chi connectivity index (χ2n) is 19.0. The van der Waals surface area contributed by atoms with E-state index < -0.39 is 0 Å². The third-order valence-corrected chi connectivity index (χ3v) is 14.7. The van der Waals surface area contributed by atoms with Crippen LogP contribution in [-0.4, -0.2) is 19.1 Å². The molecule has 1 aliphatic carbocycles. The zero-order valence-electron chi connectivity index (χ0n) is 38.8. The van der Waals surface area contributed by atoms with Crippen LogP contribution in [0.15, 0.2) is 237 Å². The second kappa shape index (κ2) is 15.5. The molecule has 0 aliphatic heterocycles. The highest BCUT2D eigenvalue weighted by atomic mass is 15.3. The maximum absolute atomic E-state index is 5.74. The zero-order valence-corrected chi connectivity index (χ0v) is 38.8. The lowest BCUT2D eigenvalue weighted by atomic mass is 9.82. The molecule has 0 saturated carbocycles. The Labute approximate surface area is 405 Å². The average molecular weight is 896 g/mol. The molecule has 3 heterocycles. The smallest absolute Gasteiger partial charge is 0.237 e. The first-order valence-electron chi connectivity index (χ1n) is 24.1. The Bertz CT molecular complexity index is 4200. The van der Waals surface area contributed by atoms with Crippen molar-refractivity contribution in [3.05, 3.63) is 248 Å². The first-order valence-corrected chi connectivity index (χ1v) is 24.1. The number of fused-ring (bicyclic) bond motifs is 10. The van der Waals surface area contributed by atoms with E-state index in [1.54, 1.807) is 0 Å². The van der Waals surface area contributed by atoms with E-state index in [9.17, 15) is 0 Å². The molecule has 330 valence electrons. The Hall–Kier alpha value is -9.06. The summed E-state index contributed by atoms with van der Waals surface area (Å²) >= 11 is 0. The summed E-state index contributed by atoms with van der Waals surface area (Å²) in [6.45, 7) is 4.68. The van der Waals surface area contributed by atoms with E-state index >= 15 is 0 Å². The van der Waals surface area contributed by atoms with Gasteiger partial charge in [-0.2, -0.15) is 4.98 Å². The standard InChI is InChI=1S/C65H45N5/c1-65(2)54-26-13-9-24-50(54)62-55(65)27-17-31-61(62)69(47-36-32-43(33-37-47)42-18-5-3-6-19-42)63-51-25-10-14-28-56(51)66-64(67-63)70-58-30-16-12-23-49(58)53-41-45(35-39-60(53)70)44-34-38-59-52(40-44)48-22-11-15-29-57(48)68(59)46-20-7-4-8-21-46/h3-41H,1-2H3. The van der Waals surface area contributed by atoms with Crippen molar-refractivity contribution in [2.45, 2.75) is 19.3 Å². The maximum Gasteiger partial charge on any atom is 0.237 e. The van der Waals surface area contributed by atoms with Gasteiger partial charge in [0, 0.05) is 49.3 Å². The predicted octanol–water partition coefficient (Wildman–Crippen LogP) is 16.9. The summed E-state index contributed by atoms with van der Waals surface area (Å²) in [5.41, 5.74) is 18.2. The van der Waals surface area contributed by atoms with E-state index in [0.717, 1.165) is 66.7 Å². The van der Waals surface area contributed by atoms with E-state index in [4.69, 9.17) is 9.97 Å². The van der Waals surface area contributed by atoms with Crippen molar-refractivity contribution >= 4 is 71.7 Å². The minimum Gasteiger partial charge on any atom is -0.309 e. The van der Waals surface area contributed by atoms with Gasteiger partial charge in [0.1, 0.15) is 0 Å². The van der Waals surface area contributed by atoms with Crippen LogP contribution >= 0.6 is 0 Å². The Morgan fingerprint density at radius 2 is 0.914 bits per heavy atom. The quantitative estimate of drug-likeness (QED) is 0.160. The van der Waals surface area contributed by atoms with Crippen LogP contribution in [0.3, 0.4) is 0 Å². The summed E-state index contributed by atoms with van der Waals surface area (Å²) < 4.78 is 4.63. The SMILES string of the molecule is CC1(C)c2ccccc2-c2c(N(c3ccc(-c4ccccc4)cc3)c3nc(-n4c5ccccc5c5cc(-c6ccc7c(c6)c6ccccc6n7-c6ccccc6)ccc54)nc4ccccc34)cccc21. The van der Waals surface area contributed by atoms with E-state index in [-0.39, 0.29) is 5.41 Å². The number of hydrogen-bond donors (Lipinski definition) is 0. The van der Waals surface area contributed by atoms with Crippen LogP contribution in [0.25, 0.3) is 99.5 Å². The molecule has 0 radical (unpaired) electrons. The van der Waals surface area contributed by atoms with Gasteiger partial charge < -0.3 is 4.57 Å². The molecule has 1 aliphatic rings. The van der Waals surface area contributed by atoms with Crippen LogP contribution in [0.1, 0.15) is 25.0 Å². The van der Waals surface area contributed by atoms with Crippen molar-refractivity contribution in [1.82, 2.24) is 19.1 Å². The molecule has 0 bridgehead atoms. The molecule has 0 fully saturated rings. The van der Waals surface area contributed by atoms with Crippen molar-refractivity contribution in [3.63, 3.8) is 0 Å². The highest BCUT2D eigenvalue weighted by Gasteiger charge is 2.38. The van der Waals surface area contributed by atoms with Crippen LogP contribution in [-0.2, 0) is 5.41 Å². The van der Waals surface area contributed by atoms with Crippen LogP contribution < -0.4 is 4.90 Å². The third kappa shape index (κ3) is 6.04. The lowest BCUT2D eigenvalue weighted by Crippen LogP contribution is -2.17. The van der Waals surface area contributed by atoms with E-state index in [2.05, 4.69) is 264 Å². The summed E-state index contributed by atoms with van der Waals surface area (Å²) in [7, 11) is 0. The fraction of sp³-hybridized carbons (Fsp3) is 0.0462. The number of anilines is 3. The fourth-order valence-corrected chi connectivity index (χ4v) is 11.4. The van der Waals surface area contributed by atoms with Gasteiger partial charge in [-0.3, -0.25) is 9.47 Å². The number of aromatic nitrogens is 4. The molecule has 0 unspecified atom stereocenters. The van der Waals surface area contributed by atoms with E-state index in [1.807, 2.05) is 0 Å². The van der Waals surface area contributed by atoms with Crippen LogP contribution in [0.2, 0.25) is 0 Å². The average Bonchev–Trinajstić information content (AvgIpc) is 4.02. The highest BCUT2D eigenvalue weighted by Crippen LogP contribution is 2.54. The molecule has 14 rings (SSSR count). The first kappa shape index (κ1) is 40.0. The number of nitrogens with zero attached hydrogens (tertiary/aromatic N) is 5. The predicted molar refractivity (Wildman–Crippen MR) is 291 cm³/mol. The monoisotopic (exact) mass is 895 g/mol. The van der Waals surface area contributed by atoms with Gasteiger partial charge in [-0.1, -0.05) is 172 Å². The van der Waals surface area contributed by atoms with Crippen LogP contribution in [0.4, 0.5) is 17.2 Å². The number of benzene rings is 10. The topological polar surface area (TPSA) is 38.9 Å². The lowest BCUT2D eigenvalue weighted by Gasteiger charge is -2.29. The first-order chi connectivity index (χ1) is 34.5.